The van der Waals surface area contributed by atoms with Gasteiger partial charge in [-0.1, -0.05) is 54.1 Å². The molecule has 18 heavy (non-hydrogen) atoms. The molecule has 0 radical (unpaired) electrons. The summed E-state index contributed by atoms with van der Waals surface area (Å²) < 4.78 is 0. The van der Waals surface area contributed by atoms with Crippen molar-refractivity contribution in [2.24, 2.45) is 11.7 Å². The molecule has 3 nitrogen and oxygen atoms in total. The number of carbonyl (C=O) groups is 1. The average molecular weight is 243 g/mol. The standard InChI is InChI=1S/C15H17NO2/c1-11(14(17)18)12-6-5-9-15(16,10-12)13-7-3-2-4-8-13/h2-9,11H,10,16H2,1H3,(H,17,18)/t11?,15-/m1/s1. The van der Waals surface area contributed by atoms with Gasteiger partial charge >= 0.3 is 5.97 Å². The molecule has 2 atom stereocenters. The van der Waals surface area contributed by atoms with E-state index in [1.807, 2.05) is 48.6 Å². The molecule has 1 aromatic carbocycles. The molecule has 3 heteroatoms. The van der Waals surface area contributed by atoms with Crippen LogP contribution < -0.4 is 5.73 Å². The summed E-state index contributed by atoms with van der Waals surface area (Å²) in [7, 11) is 0. The molecule has 0 spiro atoms. The molecular formula is C15H17NO2. The van der Waals surface area contributed by atoms with E-state index in [4.69, 9.17) is 10.8 Å². The third kappa shape index (κ3) is 2.36. The van der Waals surface area contributed by atoms with E-state index in [0.717, 1.165) is 11.1 Å². The Balaban J connectivity index is 2.28. The Morgan fingerprint density at radius 3 is 2.67 bits per heavy atom. The first-order valence-corrected chi connectivity index (χ1v) is 5.98. The van der Waals surface area contributed by atoms with Gasteiger partial charge < -0.3 is 10.8 Å². The summed E-state index contributed by atoms with van der Waals surface area (Å²) in [6.45, 7) is 1.69. The molecule has 0 bridgehead atoms. The summed E-state index contributed by atoms with van der Waals surface area (Å²) in [6, 6.07) is 9.76. The van der Waals surface area contributed by atoms with Crippen molar-refractivity contribution >= 4 is 5.97 Å². The Hall–Kier alpha value is -1.87. The highest BCUT2D eigenvalue weighted by molar-refractivity contribution is 5.73. The van der Waals surface area contributed by atoms with E-state index in [1.165, 1.54) is 0 Å². The summed E-state index contributed by atoms with van der Waals surface area (Å²) in [6.07, 6.45) is 6.18. The fourth-order valence-electron chi connectivity index (χ4n) is 2.20. The average Bonchev–Trinajstić information content (AvgIpc) is 2.39. The number of rotatable bonds is 3. The summed E-state index contributed by atoms with van der Waals surface area (Å²) in [5.74, 6) is -1.31. The van der Waals surface area contributed by atoms with Crippen molar-refractivity contribution in [3.05, 3.63) is 59.7 Å². The predicted octanol–water partition coefficient (Wildman–Crippen LogP) is 2.45. The molecule has 0 aromatic heterocycles. The Kier molecular flexibility index (Phi) is 3.34. The topological polar surface area (TPSA) is 63.3 Å². The summed E-state index contributed by atoms with van der Waals surface area (Å²) in [5, 5.41) is 9.07. The molecule has 1 aliphatic carbocycles. The number of aliphatic carboxylic acids is 1. The van der Waals surface area contributed by atoms with E-state index in [-0.39, 0.29) is 0 Å². The van der Waals surface area contributed by atoms with Crippen LogP contribution in [0.15, 0.2) is 54.1 Å². The van der Waals surface area contributed by atoms with Crippen molar-refractivity contribution in [3.63, 3.8) is 0 Å². The lowest BCUT2D eigenvalue weighted by Gasteiger charge is -2.31. The Morgan fingerprint density at radius 1 is 1.39 bits per heavy atom. The van der Waals surface area contributed by atoms with Crippen molar-refractivity contribution < 1.29 is 9.90 Å². The normalized spacial score (nSPS) is 24.4. The van der Waals surface area contributed by atoms with Gasteiger partial charge in [0.05, 0.1) is 11.5 Å². The third-order valence-electron chi connectivity index (χ3n) is 3.44. The molecule has 0 heterocycles. The van der Waals surface area contributed by atoms with Crippen LogP contribution in [0.5, 0.6) is 0 Å². The van der Waals surface area contributed by atoms with Gasteiger partial charge in [0.25, 0.3) is 0 Å². The fraction of sp³-hybridized carbons (Fsp3) is 0.267. The van der Waals surface area contributed by atoms with Crippen LogP contribution in [-0.2, 0) is 10.3 Å². The van der Waals surface area contributed by atoms with E-state index in [9.17, 15) is 4.79 Å². The summed E-state index contributed by atoms with van der Waals surface area (Å²) in [4.78, 5) is 11.0. The number of hydrogen-bond acceptors (Lipinski definition) is 2. The first kappa shape index (κ1) is 12.6. The fourth-order valence-corrected chi connectivity index (χ4v) is 2.20. The predicted molar refractivity (Wildman–Crippen MR) is 70.9 cm³/mol. The molecule has 0 fully saturated rings. The smallest absolute Gasteiger partial charge is 0.310 e. The highest BCUT2D eigenvalue weighted by atomic mass is 16.4. The largest absolute Gasteiger partial charge is 0.481 e. The number of carboxylic acids is 1. The molecule has 94 valence electrons. The molecule has 0 saturated heterocycles. The molecule has 2 rings (SSSR count). The van der Waals surface area contributed by atoms with Gasteiger partial charge in [0.2, 0.25) is 0 Å². The summed E-state index contributed by atoms with van der Waals surface area (Å²) >= 11 is 0. The van der Waals surface area contributed by atoms with Gasteiger partial charge in [-0.3, -0.25) is 4.79 Å². The van der Waals surface area contributed by atoms with E-state index < -0.39 is 17.4 Å². The van der Waals surface area contributed by atoms with Crippen LogP contribution in [-0.4, -0.2) is 11.1 Å². The van der Waals surface area contributed by atoms with Crippen molar-refractivity contribution in [2.45, 2.75) is 18.9 Å². The van der Waals surface area contributed by atoms with Crippen LogP contribution in [0, 0.1) is 5.92 Å². The summed E-state index contributed by atoms with van der Waals surface area (Å²) in [5.41, 5.74) is 7.65. The van der Waals surface area contributed by atoms with Crippen molar-refractivity contribution in [2.75, 3.05) is 0 Å². The zero-order valence-electron chi connectivity index (χ0n) is 10.3. The lowest BCUT2D eigenvalue weighted by molar-refractivity contribution is -0.139. The zero-order valence-corrected chi connectivity index (χ0v) is 10.3. The van der Waals surface area contributed by atoms with Gasteiger partial charge in [0.1, 0.15) is 0 Å². The second-order valence-electron chi connectivity index (χ2n) is 4.74. The maximum Gasteiger partial charge on any atom is 0.310 e. The van der Waals surface area contributed by atoms with Gasteiger partial charge in [0, 0.05) is 0 Å². The minimum Gasteiger partial charge on any atom is -0.481 e. The van der Waals surface area contributed by atoms with E-state index in [0.29, 0.717) is 6.42 Å². The Bertz CT molecular complexity index is 504. The molecule has 3 N–H and O–H groups in total. The number of carboxylic acid groups (broad SMARTS) is 1. The molecule has 0 amide bonds. The minimum absolute atomic E-state index is 0.499. The molecule has 0 saturated carbocycles. The number of hydrogen-bond donors (Lipinski definition) is 2. The van der Waals surface area contributed by atoms with Crippen LogP contribution in [0.4, 0.5) is 0 Å². The van der Waals surface area contributed by atoms with Crippen LogP contribution >= 0.6 is 0 Å². The third-order valence-corrected chi connectivity index (χ3v) is 3.44. The Morgan fingerprint density at radius 2 is 2.06 bits per heavy atom. The number of benzene rings is 1. The molecule has 1 aliphatic rings. The lowest BCUT2D eigenvalue weighted by Crippen LogP contribution is -2.37. The molecule has 1 aromatic rings. The number of allylic oxidation sites excluding steroid dienone is 2. The minimum atomic E-state index is -0.813. The van der Waals surface area contributed by atoms with Crippen molar-refractivity contribution in [3.8, 4) is 0 Å². The van der Waals surface area contributed by atoms with Gasteiger partial charge in [-0.25, -0.2) is 0 Å². The van der Waals surface area contributed by atoms with E-state index in [1.54, 1.807) is 6.92 Å². The Labute approximate surface area is 107 Å². The highest BCUT2D eigenvalue weighted by Gasteiger charge is 2.30. The quantitative estimate of drug-likeness (QED) is 0.857. The molecular weight excluding hydrogens is 226 g/mol. The first-order chi connectivity index (χ1) is 8.53. The van der Waals surface area contributed by atoms with Crippen molar-refractivity contribution in [1.29, 1.82) is 0 Å². The van der Waals surface area contributed by atoms with E-state index >= 15 is 0 Å². The second-order valence-corrected chi connectivity index (χ2v) is 4.74. The van der Waals surface area contributed by atoms with Crippen molar-refractivity contribution in [1.82, 2.24) is 0 Å². The van der Waals surface area contributed by atoms with Crippen LogP contribution in [0.1, 0.15) is 18.9 Å². The van der Waals surface area contributed by atoms with Gasteiger partial charge in [-0.15, -0.1) is 0 Å². The highest BCUT2D eigenvalue weighted by Crippen LogP contribution is 2.33. The van der Waals surface area contributed by atoms with Crippen LogP contribution in [0.3, 0.4) is 0 Å². The van der Waals surface area contributed by atoms with Gasteiger partial charge in [-0.05, 0) is 18.9 Å². The molecule has 0 aliphatic heterocycles. The maximum absolute atomic E-state index is 11.0. The second kappa shape index (κ2) is 4.78. The first-order valence-electron chi connectivity index (χ1n) is 5.98. The van der Waals surface area contributed by atoms with Crippen LogP contribution in [0.25, 0.3) is 0 Å². The SMILES string of the molecule is CC(C(=O)O)C1=CC=C[C@](N)(c2ccccc2)C1. The van der Waals surface area contributed by atoms with Gasteiger partial charge in [0.15, 0.2) is 0 Å². The van der Waals surface area contributed by atoms with Crippen LogP contribution in [0.2, 0.25) is 0 Å². The molecule has 1 unspecified atom stereocenters. The zero-order chi connectivity index (χ0) is 13.2. The monoisotopic (exact) mass is 243 g/mol. The maximum atomic E-state index is 11.0. The van der Waals surface area contributed by atoms with Gasteiger partial charge in [-0.2, -0.15) is 0 Å². The number of nitrogens with two attached hydrogens (primary N) is 1. The van der Waals surface area contributed by atoms with E-state index in [2.05, 4.69) is 0 Å². The lowest BCUT2D eigenvalue weighted by atomic mass is 9.78.